The van der Waals surface area contributed by atoms with Crippen molar-refractivity contribution in [2.24, 2.45) is 5.92 Å². The third kappa shape index (κ3) is 4.19. The van der Waals surface area contributed by atoms with Crippen LogP contribution in [0, 0.1) is 5.92 Å². The highest BCUT2D eigenvalue weighted by molar-refractivity contribution is 7.99. The summed E-state index contributed by atoms with van der Waals surface area (Å²) in [7, 11) is 0. The van der Waals surface area contributed by atoms with Crippen molar-refractivity contribution < 1.29 is 18.0 Å². The van der Waals surface area contributed by atoms with E-state index in [-0.39, 0.29) is 34.8 Å². The van der Waals surface area contributed by atoms with Crippen molar-refractivity contribution in [1.82, 2.24) is 14.9 Å². The minimum atomic E-state index is -4.56. The minimum absolute atomic E-state index is 0.00385. The lowest BCUT2D eigenvalue weighted by Gasteiger charge is -2.36. The summed E-state index contributed by atoms with van der Waals surface area (Å²) >= 11 is 0.989. The van der Waals surface area contributed by atoms with Gasteiger partial charge in [0, 0.05) is 23.7 Å². The molecule has 0 spiro atoms. The Morgan fingerprint density at radius 3 is 2.70 bits per heavy atom. The number of fused-ring (bicyclic) bond motifs is 3. The minimum Gasteiger partial charge on any atom is -0.339 e. The Labute approximate surface area is 178 Å². The SMILES string of the molecule is C[C@@H]1CCN(C(=O)CSc2nc3c(c(C(F)(F)F)n2)CCc2ccccc2-3)[C@@H](C)C1. The zero-order valence-electron chi connectivity index (χ0n) is 17.0. The summed E-state index contributed by atoms with van der Waals surface area (Å²) in [5, 5.41) is 0.00385. The molecule has 160 valence electrons. The van der Waals surface area contributed by atoms with E-state index in [0.29, 0.717) is 24.6 Å². The summed E-state index contributed by atoms with van der Waals surface area (Å²) in [6, 6.07) is 7.55. The topological polar surface area (TPSA) is 46.1 Å². The van der Waals surface area contributed by atoms with Crippen LogP contribution in [0.1, 0.15) is 43.5 Å². The van der Waals surface area contributed by atoms with E-state index in [9.17, 15) is 18.0 Å². The van der Waals surface area contributed by atoms with Crippen LogP contribution in [0.5, 0.6) is 0 Å². The lowest BCUT2D eigenvalue weighted by molar-refractivity contribution is -0.142. The molecule has 1 aliphatic heterocycles. The van der Waals surface area contributed by atoms with Crippen LogP contribution in [-0.4, -0.2) is 39.1 Å². The molecule has 0 bridgehead atoms. The van der Waals surface area contributed by atoms with Crippen LogP contribution in [0.3, 0.4) is 0 Å². The number of alkyl halides is 3. The second-order valence-corrected chi connectivity index (χ2v) is 9.13. The standard InChI is InChI=1S/C22H24F3N3OS/c1-13-9-10-28(14(2)11-13)18(29)12-30-21-26-19-16-6-4-3-5-15(16)7-8-17(19)20(27-21)22(23,24)25/h3-6,13-14H,7-12H2,1-2H3/t13-,14+/m1/s1. The third-order valence-electron chi connectivity index (χ3n) is 5.96. The second-order valence-electron chi connectivity index (χ2n) is 8.19. The van der Waals surface area contributed by atoms with Crippen molar-refractivity contribution in [3.8, 4) is 11.3 Å². The Hall–Kier alpha value is -2.09. The molecule has 1 fully saturated rings. The van der Waals surface area contributed by atoms with Crippen LogP contribution < -0.4 is 0 Å². The maximum absolute atomic E-state index is 13.7. The quantitative estimate of drug-likeness (QED) is 0.503. The van der Waals surface area contributed by atoms with Crippen molar-refractivity contribution >= 4 is 17.7 Å². The molecule has 0 radical (unpaired) electrons. The van der Waals surface area contributed by atoms with Gasteiger partial charge >= 0.3 is 6.18 Å². The fourth-order valence-corrected chi connectivity index (χ4v) is 5.17. The van der Waals surface area contributed by atoms with E-state index in [1.54, 1.807) is 12.1 Å². The monoisotopic (exact) mass is 435 g/mol. The fourth-order valence-electron chi connectivity index (χ4n) is 4.44. The number of hydrogen-bond acceptors (Lipinski definition) is 4. The highest BCUT2D eigenvalue weighted by Crippen LogP contribution is 2.40. The van der Waals surface area contributed by atoms with Gasteiger partial charge in [0.1, 0.15) is 0 Å². The lowest BCUT2D eigenvalue weighted by atomic mass is 9.88. The van der Waals surface area contributed by atoms with Gasteiger partial charge in [-0.25, -0.2) is 9.97 Å². The summed E-state index contributed by atoms with van der Waals surface area (Å²) in [6.45, 7) is 4.88. The largest absolute Gasteiger partial charge is 0.433 e. The number of aryl methyl sites for hydroxylation is 1. The molecule has 1 saturated heterocycles. The van der Waals surface area contributed by atoms with Gasteiger partial charge in [-0.05, 0) is 44.1 Å². The average Bonchev–Trinajstić information content (AvgIpc) is 2.70. The molecule has 1 amide bonds. The summed E-state index contributed by atoms with van der Waals surface area (Å²) < 4.78 is 41.2. The molecule has 4 rings (SSSR count). The van der Waals surface area contributed by atoms with Gasteiger partial charge in [-0.15, -0.1) is 0 Å². The molecule has 2 atom stereocenters. The van der Waals surface area contributed by atoms with Gasteiger partial charge in [-0.1, -0.05) is 43.0 Å². The summed E-state index contributed by atoms with van der Waals surface area (Å²) in [6.07, 6.45) is -1.87. The van der Waals surface area contributed by atoms with E-state index in [1.807, 2.05) is 24.0 Å². The maximum atomic E-state index is 13.7. The van der Waals surface area contributed by atoms with Crippen LogP contribution in [0.4, 0.5) is 13.2 Å². The first-order chi connectivity index (χ1) is 14.2. The molecule has 2 aromatic rings. The number of rotatable bonds is 3. The van der Waals surface area contributed by atoms with Gasteiger partial charge in [0.2, 0.25) is 5.91 Å². The van der Waals surface area contributed by atoms with Crippen LogP contribution in [0.15, 0.2) is 29.4 Å². The molecule has 0 saturated carbocycles. The summed E-state index contributed by atoms with van der Waals surface area (Å²) in [5.74, 6) is 0.543. The zero-order chi connectivity index (χ0) is 21.5. The Kier molecular flexibility index (Phi) is 5.79. The Morgan fingerprint density at radius 2 is 1.97 bits per heavy atom. The Balaban J connectivity index is 1.61. The number of aromatic nitrogens is 2. The summed E-state index contributed by atoms with van der Waals surface area (Å²) in [5.41, 5.74) is 1.32. The van der Waals surface area contributed by atoms with Gasteiger partial charge in [0.05, 0.1) is 11.4 Å². The molecule has 8 heteroatoms. The van der Waals surface area contributed by atoms with Crippen molar-refractivity contribution in [2.75, 3.05) is 12.3 Å². The number of carbonyl (C=O) groups is 1. The number of carbonyl (C=O) groups excluding carboxylic acids is 1. The van der Waals surface area contributed by atoms with Gasteiger partial charge in [-0.2, -0.15) is 13.2 Å². The van der Waals surface area contributed by atoms with Gasteiger partial charge < -0.3 is 4.90 Å². The van der Waals surface area contributed by atoms with E-state index in [4.69, 9.17) is 0 Å². The van der Waals surface area contributed by atoms with Crippen molar-refractivity contribution in [1.29, 1.82) is 0 Å². The Bertz CT molecular complexity index is 963. The first-order valence-corrected chi connectivity index (χ1v) is 11.2. The molecule has 1 aromatic carbocycles. The van der Waals surface area contributed by atoms with E-state index in [2.05, 4.69) is 16.9 Å². The maximum Gasteiger partial charge on any atom is 0.433 e. The predicted octanol–water partition coefficient (Wildman–Crippen LogP) is 5.00. The molecule has 1 aromatic heterocycles. The summed E-state index contributed by atoms with van der Waals surface area (Å²) in [4.78, 5) is 22.8. The van der Waals surface area contributed by atoms with Crippen LogP contribution >= 0.6 is 11.8 Å². The van der Waals surface area contributed by atoms with Gasteiger partial charge in [0.15, 0.2) is 10.9 Å². The number of piperidine rings is 1. The van der Waals surface area contributed by atoms with Crippen LogP contribution in [0.2, 0.25) is 0 Å². The number of likely N-dealkylation sites (tertiary alicyclic amines) is 1. The Morgan fingerprint density at radius 1 is 1.20 bits per heavy atom. The number of nitrogens with zero attached hydrogens (tertiary/aromatic N) is 3. The smallest absolute Gasteiger partial charge is 0.339 e. The van der Waals surface area contributed by atoms with Gasteiger partial charge in [0.25, 0.3) is 0 Å². The average molecular weight is 436 g/mol. The van der Waals surface area contributed by atoms with Crippen molar-refractivity contribution in [2.45, 2.75) is 56.9 Å². The number of hydrogen-bond donors (Lipinski definition) is 0. The highest BCUT2D eigenvalue weighted by atomic mass is 32.2. The number of thioether (sulfide) groups is 1. The number of benzene rings is 1. The normalized spacial score (nSPS) is 21.2. The van der Waals surface area contributed by atoms with Crippen LogP contribution in [0.25, 0.3) is 11.3 Å². The number of amides is 1. The predicted molar refractivity (Wildman–Crippen MR) is 110 cm³/mol. The lowest BCUT2D eigenvalue weighted by Crippen LogP contribution is -2.45. The van der Waals surface area contributed by atoms with E-state index >= 15 is 0 Å². The van der Waals surface area contributed by atoms with E-state index in [0.717, 1.165) is 35.7 Å². The van der Waals surface area contributed by atoms with Crippen LogP contribution in [-0.2, 0) is 23.8 Å². The number of halogens is 3. The molecular weight excluding hydrogens is 411 g/mol. The van der Waals surface area contributed by atoms with Gasteiger partial charge in [-0.3, -0.25) is 4.79 Å². The zero-order valence-corrected chi connectivity index (χ0v) is 17.8. The third-order valence-corrected chi connectivity index (χ3v) is 6.79. The molecule has 4 nitrogen and oxygen atoms in total. The molecule has 0 unspecified atom stereocenters. The second kappa shape index (κ2) is 8.21. The van der Waals surface area contributed by atoms with Crippen molar-refractivity contribution in [3.05, 3.63) is 41.1 Å². The molecule has 0 N–H and O–H groups in total. The van der Waals surface area contributed by atoms with E-state index in [1.165, 1.54) is 0 Å². The molecule has 2 aliphatic rings. The fraction of sp³-hybridized carbons (Fsp3) is 0.500. The molecular formula is C22H24F3N3OS. The first kappa shape index (κ1) is 21.2. The highest BCUT2D eigenvalue weighted by Gasteiger charge is 2.39. The van der Waals surface area contributed by atoms with E-state index < -0.39 is 11.9 Å². The molecule has 2 heterocycles. The first-order valence-electron chi connectivity index (χ1n) is 10.2. The molecule has 30 heavy (non-hydrogen) atoms. The molecule has 1 aliphatic carbocycles. The van der Waals surface area contributed by atoms with Crippen molar-refractivity contribution in [3.63, 3.8) is 0 Å².